The van der Waals surface area contributed by atoms with Crippen LogP contribution in [0.15, 0.2) is 4.42 Å². The third-order valence-electron chi connectivity index (χ3n) is 2.57. The van der Waals surface area contributed by atoms with Gasteiger partial charge in [-0.3, -0.25) is 0 Å². The average molecular weight is 241 g/mol. The molecule has 1 N–H and O–H groups in total. The van der Waals surface area contributed by atoms with E-state index >= 15 is 0 Å². The predicted molar refractivity (Wildman–Crippen MR) is 60.5 cm³/mol. The molecule has 0 bridgehead atoms. The molecule has 96 valence electrons. The van der Waals surface area contributed by atoms with Crippen LogP contribution in [0.25, 0.3) is 0 Å². The highest BCUT2D eigenvalue weighted by Crippen LogP contribution is 2.06. The lowest BCUT2D eigenvalue weighted by Crippen LogP contribution is -2.45. The summed E-state index contributed by atoms with van der Waals surface area (Å²) in [7, 11) is 0. The summed E-state index contributed by atoms with van der Waals surface area (Å²) in [5.74, 6) is 1.17. The molecule has 0 saturated carbocycles. The average Bonchev–Trinajstić information content (AvgIpc) is 2.77. The van der Waals surface area contributed by atoms with Gasteiger partial charge in [0.15, 0.2) is 0 Å². The van der Waals surface area contributed by atoms with Crippen molar-refractivity contribution >= 4 is 0 Å². The maximum absolute atomic E-state index is 5.70. The van der Waals surface area contributed by atoms with Gasteiger partial charge in [0.1, 0.15) is 6.61 Å². The minimum absolute atomic E-state index is 0.104. The van der Waals surface area contributed by atoms with Gasteiger partial charge in [-0.15, -0.1) is 10.2 Å². The van der Waals surface area contributed by atoms with E-state index < -0.39 is 0 Å². The Balaban J connectivity index is 1.68. The van der Waals surface area contributed by atoms with E-state index in [1.54, 1.807) is 0 Å². The van der Waals surface area contributed by atoms with E-state index in [9.17, 15) is 0 Å². The molecule has 2 atom stereocenters. The van der Waals surface area contributed by atoms with Gasteiger partial charge >= 0.3 is 0 Å². The number of hydrogen-bond donors (Lipinski definition) is 1. The maximum Gasteiger partial charge on any atom is 0.242 e. The molecule has 2 heterocycles. The molecule has 1 fully saturated rings. The number of nitrogens with one attached hydrogen (secondary N) is 1. The second-order valence-electron chi connectivity index (χ2n) is 4.19. The number of morpholine rings is 1. The highest BCUT2D eigenvalue weighted by Gasteiger charge is 2.18. The Kier molecular flexibility index (Phi) is 4.47. The minimum atomic E-state index is 0.104. The van der Waals surface area contributed by atoms with Gasteiger partial charge in [0.05, 0.1) is 18.8 Å². The molecule has 2 rings (SSSR count). The van der Waals surface area contributed by atoms with E-state index in [4.69, 9.17) is 13.9 Å². The molecule has 1 aliphatic heterocycles. The Morgan fingerprint density at radius 1 is 1.35 bits per heavy atom. The van der Waals surface area contributed by atoms with E-state index in [0.717, 1.165) is 19.5 Å². The Labute approximate surface area is 101 Å². The van der Waals surface area contributed by atoms with Gasteiger partial charge in [-0.2, -0.15) is 0 Å². The third kappa shape index (κ3) is 3.76. The molecule has 1 aromatic heterocycles. The van der Waals surface area contributed by atoms with E-state index in [2.05, 4.69) is 15.5 Å². The first-order valence-electron chi connectivity index (χ1n) is 6.03. The molecular weight excluding hydrogens is 222 g/mol. The summed E-state index contributed by atoms with van der Waals surface area (Å²) in [5, 5.41) is 11.0. The highest BCUT2D eigenvalue weighted by molar-refractivity contribution is 4.79. The standard InChI is InChI=1S/C11H19N3O3/c1-3-10-13-14-11(17-10)7-15-6-9-5-12-4-8(2)16-9/h8-9,12H,3-7H2,1-2H3. The first-order chi connectivity index (χ1) is 8.28. The lowest BCUT2D eigenvalue weighted by molar-refractivity contribution is -0.0738. The second-order valence-corrected chi connectivity index (χ2v) is 4.19. The van der Waals surface area contributed by atoms with Crippen molar-refractivity contribution in [1.82, 2.24) is 15.5 Å². The highest BCUT2D eigenvalue weighted by atomic mass is 16.5. The molecule has 0 amide bonds. The topological polar surface area (TPSA) is 69.4 Å². The molecule has 1 aromatic rings. The van der Waals surface area contributed by atoms with Crippen LogP contribution in [-0.2, 0) is 22.5 Å². The number of aromatic nitrogens is 2. The van der Waals surface area contributed by atoms with Crippen LogP contribution in [0.3, 0.4) is 0 Å². The van der Waals surface area contributed by atoms with Crippen molar-refractivity contribution in [1.29, 1.82) is 0 Å². The summed E-state index contributed by atoms with van der Waals surface area (Å²) >= 11 is 0. The molecule has 2 unspecified atom stereocenters. The third-order valence-corrected chi connectivity index (χ3v) is 2.57. The van der Waals surface area contributed by atoms with Crippen LogP contribution < -0.4 is 5.32 Å². The van der Waals surface area contributed by atoms with Crippen molar-refractivity contribution in [2.24, 2.45) is 0 Å². The first kappa shape index (κ1) is 12.5. The number of nitrogens with zero attached hydrogens (tertiary/aromatic N) is 2. The van der Waals surface area contributed by atoms with Crippen LogP contribution in [0.4, 0.5) is 0 Å². The van der Waals surface area contributed by atoms with Gasteiger partial charge < -0.3 is 19.2 Å². The molecule has 6 nitrogen and oxygen atoms in total. The molecular formula is C11H19N3O3. The number of hydrogen-bond acceptors (Lipinski definition) is 6. The fourth-order valence-electron chi connectivity index (χ4n) is 1.74. The van der Waals surface area contributed by atoms with E-state index in [1.165, 1.54) is 0 Å². The fourth-order valence-corrected chi connectivity index (χ4v) is 1.74. The van der Waals surface area contributed by atoms with Crippen molar-refractivity contribution in [2.45, 2.75) is 39.1 Å². The van der Waals surface area contributed by atoms with Gasteiger partial charge in [-0.05, 0) is 6.92 Å². The minimum Gasteiger partial charge on any atom is -0.423 e. The lowest BCUT2D eigenvalue weighted by Gasteiger charge is -2.28. The van der Waals surface area contributed by atoms with Gasteiger partial charge in [-0.1, -0.05) is 6.92 Å². The molecule has 1 aliphatic rings. The van der Waals surface area contributed by atoms with Crippen LogP contribution in [0, 0.1) is 0 Å². The Morgan fingerprint density at radius 3 is 2.88 bits per heavy atom. The number of ether oxygens (including phenoxy) is 2. The molecule has 17 heavy (non-hydrogen) atoms. The van der Waals surface area contributed by atoms with Crippen LogP contribution in [-0.4, -0.2) is 42.1 Å². The molecule has 0 aromatic carbocycles. The summed E-state index contributed by atoms with van der Waals surface area (Å²) in [6.45, 7) is 6.64. The van der Waals surface area contributed by atoms with E-state index in [0.29, 0.717) is 25.0 Å². The largest absolute Gasteiger partial charge is 0.423 e. The summed E-state index contributed by atoms with van der Waals surface area (Å²) in [4.78, 5) is 0. The fraction of sp³-hybridized carbons (Fsp3) is 0.818. The van der Waals surface area contributed by atoms with Gasteiger partial charge in [-0.25, -0.2) is 0 Å². The SMILES string of the molecule is CCc1nnc(COCC2CNCC(C)O2)o1. The molecule has 0 radical (unpaired) electrons. The summed E-state index contributed by atoms with van der Waals surface area (Å²) in [6, 6.07) is 0. The Hall–Kier alpha value is -0.980. The lowest BCUT2D eigenvalue weighted by atomic mass is 10.2. The van der Waals surface area contributed by atoms with Crippen LogP contribution >= 0.6 is 0 Å². The van der Waals surface area contributed by atoms with E-state index in [1.807, 2.05) is 13.8 Å². The summed E-state index contributed by atoms with van der Waals surface area (Å²) in [6.07, 6.45) is 1.10. The summed E-state index contributed by atoms with van der Waals surface area (Å²) in [5.41, 5.74) is 0. The molecule has 0 spiro atoms. The zero-order valence-electron chi connectivity index (χ0n) is 10.3. The van der Waals surface area contributed by atoms with E-state index in [-0.39, 0.29) is 12.2 Å². The Bertz CT molecular complexity index is 342. The van der Waals surface area contributed by atoms with Crippen molar-refractivity contribution in [3.05, 3.63) is 11.8 Å². The monoisotopic (exact) mass is 241 g/mol. The van der Waals surface area contributed by atoms with Crippen molar-refractivity contribution < 1.29 is 13.9 Å². The van der Waals surface area contributed by atoms with Crippen LogP contribution in [0.1, 0.15) is 25.6 Å². The van der Waals surface area contributed by atoms with Gasteiger partial charge in [0, 0.05) is 19.5 Å². The van der Waals surface area contributed by atoms with Gasteiger partial charge in [0.2, 0.25) is 11.8 Å². The van der Waals surface area contributed by atoms with Crippen LogP contribution in [0.5, 0.6) is 0 Å². The number of rotatable bonds is 5. The van der Waals surface area contributed by atoms with Crippen molar-refractivity contribution in [2.75, 3.05) is 19.7 Å². The summed E-state index contributed by atoms with van der Waals surface area (Å²) < 4.78 is 16.5. The zero-order chi connectivity index (χ0) is 12.1. The molecule has 6 heteroatoms. The molecule has 1 saturated heterocycles. The normalized spacial score (nSPS) is 25.1. The van der Waals surface area contributed by atoms with Crippen molar-refractivity contribution in [3.63, 3.8) is 0 Å². The quantitative estimate of drug-likeness (QED) is 0.810. The second kappa shape index (κ2) is 6.09. The number of aryl methyl sites for hydroxylation is 1. The Morgan fingerprint density at radius 2 is 2.18 bits per heavy atom. The van der Waals surface area contributed by atoms with Crippen molar-refractivity contribution in [3.8, 4) is 0 Å². The zero-order valence-corrected chi connectivity index (χ0v) is 10.3. The van der Waals surface area contributed by atoms with Gasteiger partial charge in [0.25, 0.3) is 0 Å². The van der Waals surface area contributed by atoms with Crippen LogP contribution in [0.2, 0.25) is 0 Å². The maximum atomic E-state index is 5.70. The first-order valence-corrected chi connectivity index (χ1v) is 6.03. The predicted octanol–water partition coefficient (Wildman–Crippen LogP) is 0.525. The molecule has 0 aliphatic carbocycles. The smallest absolute Gasteiger partial charge is 0.242 e.